The molecule has 0 saturated heterocycles. The van der Waals surface area contributed by atoms with Crippen LogP contribution in [0.5, 0.6) is 5.75 Å². The molecule has 5 heteroatoms. The average molecular weight is 297 g/mol. The van der Waals surface area contributed by atoms with E-state index >= 15 is 0 Å². The smallest absolute Gasteiger partial charge is 0.336 e. The second-order valence-electron chi connectivity index (χ2n) is 4.43. The van der Waals surface area contributed by atoms with Gasteiger partial charge < -0.3 is 15.2 Å². The van der Waals surface area contributed by atoms with E-state index in [0.717, 1.165) is 0 Å². The van der Waals surface area contributed by atoms with Crippen LogP contribution < -0.4 is 10.1 Å². The zero-order chi connectivity index (χ0) is 15.9. The molecule has 0 fully saturated rings. The number of benzene rings is 2. The number of rotatable bonds is 6. The topological polar surface area (TPSA) is 75.6 Å². The standard InChI is InChI=1S/C17H15NO4/c1-2-11-22-13-9-7-12(8-10-13)18-16(19)14-5-3-4-6-15(14)17(20)21/h2-10H,1,11H2,(H,18,19)(H,20,21). The predicted molar refractivity (Wildman–Crippen MR) is 83.5 cm³/mol. The molecule has 0 saturated carbocycles. The zero-order valence-corrected chi connectivity index (χ0v) is 11.8. The summed E-state index contributed by atoms with van der Waals surface area (Å²) in [6.45, 7) is 3.96. The molecule has 0 atom stereocenters. The molecule has 0 bridgehead atoms. The van der Waals surface area contributed by atoms with Gasteiger partial charge in [-0.3, -0.25) is 4.79 Å². The Hall–Kier alpha value is -3.08. The molecule has 0 spiro atoms. The summed E-state index contributed by atoms with van der Waals surface area (Å²) < 4.78 is 5.34. The van der Waals surface area contributed by atoms with Gasteiger partial charge in [0.2, 0.25) is 0 Å². The van der Waals surface area contributed by atoms with Gasteiger partial charge in [0.1, 0.15) is 12.4 Å². The number of amides is 1. The Morgan fingerprint density at radius 3 is 2.32 bits per heavy atom. The maximum absolute atomic E-state index is 12.2. The lowest BCUT2D eigenvalue weighted by Gasteiger charge is -2.09. The van der Waals surface area contributed by atoms with Crippen LogP contribution in [-0.4, -0.2) is 23.6 Å². The highest BCUT2D eigenvalue weighted by atomic mass is 16.5. The van der Waals surface area contributed by atoms with Crippen molar-refractivity contribution >= 4 is 17.6 Å². The summed E-state index contributed by atoms with van der Waals surface area (Å²) in [5.74, 6) is -0.958. The normalized spacial score (nSPS) is 9.82. The number of nitrogens with one attached hydrogen (secondary N) is 1. The first-order valence-corrected chi connectivity index (χ1v) is 6.59. The first kappa shape index (κ1) is 15.3. The van der Waals surface area contributed by atoms with Crippen molar-refractivity contribution in [3.63, 3.8) is 0 Å². The number of carboxylic acid groups (broad SMARTS) is 1. The van der Waals surface area contributed by atoms with Gasteiger partial charge >= 0.3 is 5.97 Å². The van der Waals surface area contributed by atoms with Crippen molar-refractivity contribution in [2.45, 2.75) is 0 Å². The molecule has 0 aromatic heterocycles. The summed E-state index contributed by atoms with van der Waals surface area (Å²) in [6.07, 6.45) is 1.64. The Labute approximate surface area is 127 Å². The van der Waals surface area contributed by atoms with Crippen molar-refractivity contribution in [2.75, 3.05) is 11.9 Å². The van der Waals surface area contributed by atoms with Gasteiger partial charge in [-0.2, -0.15) is 0 Å². The molecule has 0 aliphatic carbocycles. The summed E-state index contributed by atoms with van der Waals surface area (Å²) in [5.41, 5.74) is 0.629. The second-order valence-corrected chi connectivity index (χ2v) is 4.43. The van der Waals surface area contributed by atoms with Gasteiger partial charge in [-0.1, -0.05) is 24.8 Å². The molecule has 0 heterocycles. The van der Waals surface area contributed by atoms with Crippen LogP contribution in [0, 0.1) is 0 Å². The lowest BCUT2D eigenvalue weighted by atomic mass is 10.1. The van der Waals surface area contributed by atoms with E-state index < -0.39 is 11.9 Å². The van der Waals surface area contributed by atoms with Crippen LogP contribution in [-0.2, 0) is 0 Å². The Kier molecular flexibility index (Phi) is 4.93. The largest absolute Gasteiger partial charge is 0.490 e. The molecule has 0 unspecified atom stereocenters. The van der Waals surface area contributed by atoms with Crippen molar-refractivity contribution in [3.8, 4) is 5.75 Å². The second kappa shape index (κ2) is 7.08. The number of aromatic carboxylic acids is 1. The molecule has 0 radical (unpaired) electrons. The molecule has 1 amide bonds. The van der Waals surface area contributed by atoms with E-state index in [4.69, 9.17) is 9.84 Å². The Morgan fingerprint density at radius 1 is 1.09 bits per heavy atom. The fourth-order valence-electron chi connectivity index (χ4n) is 1.86. The number of ether oxygens (including phenoxy) is 1. The highest BCUT2D eigenvalue weighted by Crippen LogP contribution is 2.17. The lowest BCUT2D eigenvalue weighted by Crippen LogP contribution is -2.16. The van der Waals surface area contributed by atoms with Gasteiger partial charge in [0.05, 0.1) is 11.1 Å². The summed E-state index contributed by atoms with van der Waals surface area (Å²) in [4.78, 5) is 23.3. The van der Waals surface area contributed by atoms with E-state index in [2.05, 4.69) is 11.9 Å². The number of carbonyl (C=O) groups excluding carboxylic acids is 1. The van der Waals surface area contributed by atoms with E-state index in [1.807, 2.05) is 0 Å². The maximum atomic E-state index is 12.2. The lowest BCUT2D eigenvalue weighted by molar-refractivity contribution is 0.0692. The average Bonchev–Trinajstić information content (AvgIpc) is 2.54. The van der Waals surface area contributed by atoms with Crippen LogP contribution in [0.3, 0.4) is 0 Å². The summed E-state index contributed by atoms with van der Waals surface area (Å²) in [6, 6.07) is 12.8. The molecule has 5 nitrogen and oxygen atoms in total. The van der Waals surface area contributed by atoms with Crippen molar-refractivity contribution in [2.24, 2.45) is 0 Å². The minimum absolute atomic E-state index is 0.0362. The quantitative estimate of drug-likeness (QED) is 0.803. The molecular formula is C17H15NO4. The van der Waals surface area contributed by atoms with Gasteiger partial charge in [-0.15, -0.1) is 0 Å². The first-order chi connectivity index (χ1) is 10.6. The van der Waals surface area contributed by atoms with E-state index in [1.165, 1.54) is 12.1 Å². The van der Waals surface area contributed by atoms with Crippen LogP contribution in [0.1, 0.15) is 20.7 Å². The molecule has 0 aliphatic heterocycles. The summed E-state index contributed by atoms with van der Waals surface area (Å²) in [7, 11) is 0. The van der Waals surface area contributed by atoms with E-state index in [0.29, 0.717) is 18.0 Å². The predicted octanol–water partition coefficient (Wildman–Crippen LogP) is 3.20. The minimum Gasteiger partial charge on any atom is -0.490 e. The third kappa shape index (κ3) is 3.73. The Morgan fingerprint density at radius 2 is 1.73 bits per heavy atom. The van der Waals surface area contributed by atoms with Crippen LogP contribution in [0.25, 0.3) is 0 Å². The number of carboxylic acids is 1. The van der Waals surface area contributed by atoms with Gasteiger partial charge in [0, 0.05) is 5.69 Å². The molecule has 0 aliphatic rings. The Bertz CT molecular complexity index is 692. The van der Waals surface area contributed by atoms with Crippen LogP contribution in [0.15, 0.2) is 61.2 Å². The monoisotopic (exact) mass is 297 g/mol. The van der Waals surface area contributed by atoms with Crippen molar-refractivity contribution in [1.29, 1.82) is 0 Å². The number of hydrogen-bond donors (Lipinski definition) is 2. The fourth-order valence-corrected chi connectivity index (χ4v) is 1.86. The summed E-state index contributed by atoms with van der Waals surface area (Å²) in [5, 5.41) is 11.8. The third-order valence-electron chi connectivity index (χ3n) is 2.88. The van der Waals surface area contributed by atoms with Gasteiger partial charge in [-0.25, -0.2) is 4.79 Å². The highest BCUT2D eigenvalue weighted by molar-refractivity contribution is 6.10. The molecular weight excluding hydrogens is 282 g/mol. The van der Waals surface area contributed by atoms with Gasteiger partial charge in [0.25, 0.3) is 5.91 Å². The summed E-state index contributed by atoms with van der Waals surface area (Å²) >= 11 is 0. The van der Waals surface area contributed by atoms with Crippen LogP contribution >= 0.6 is 0 Å². The number of carbonyl (C=O) groups is 2. The van der Waals surface area contributed by atoms with Gasteiger partial charge in [-0.05, 0) is 36.4 Å². The highest BCUT2D eigenvalue weighted by Gasteiger charge is 2.15. The van der Waals surface area contributed by atoms with Crippen molar-refractivity contribution in [1.82, 2.24) is 0 Å². The van der Waals surface area contributed by atoms with Crippen molar-refractivity contribution in [3.05, 3.63) is 72.3 Å². The fraction of sp³-hybridized carbons (Fsp3) is 0.0588. The van der Waals surface area contributed by atoms with E-state index in [1.54, 1.807) is 42.5 Å². The van der Waals surface area contributed by atoms with E-state index in [9.17, 15) is 9.59 Å². The van der Waals surface area contributed by atoms with Crippen LogP contribution in [0.4, 0.5) is 5.69 Å². The zero-order valence-electron chi connectivity index (χ0n) is 11.8. The van der Waals surface area contributed by atoms with Gasteiger partial charge in [0.15, 0.2) is 0 Å². The maximum Gasteiger partial charge on any atom is 0.336 e. The molecule has 2 N–H and O–H groups in total. The molecule has 112 valence electrons. The molecule has 2 aromatic rings. The van der Waals surface area contributed by atoms with Crippen molar-refractivity contribution < 1.29 is 19.4 Å². The number of hydrogen-bond acceptors (Lipinski definition) is 3. The minimum atomic E-state index is -1.14. The SMILES string of the molecule is C=CCOc1ccc(NC(=O)c2ccccc2C(=O)O)cc1. The third-order valence-corrected chi connectivity index (χ3v) is 2.88. The molecule has 22 heavy (non-hydrogen) atoms. The first-order valence-electron chi connectivity index (χ1n) is 6.59. The molecule has 2 aromatic carbocycles. The number of anilines is 1. The Balaban J connectivity index is 2.12. The van der Waals surface area contributed by atoms with E-state index in [-0.39, 0.29) is 11.1 Å². The molecule has 2 rings (SSSR count). The van der Waals surface area contributed by atoms with Crippen LogP contribution in [0.2, 0.25) is 0 Å².